The highest BCUT2D eigenvalue weighted by atomic mass is 16.5. The van der Waals surface area contributed by atoms with E-state index in [1.807, 2.05) is 30.3 Å². The average molecular weight is 369 g/mol. The summed E-state index contributed by atoms with van der Waals surface area (Å²) >= 11 is 0. The SMILES string of the molecule is CCCOc1ccc(-c2conc2-c2cc(OC)c(OC)cc2OC)cc1. The molecule has 0 bridgehead atoms. The number of aromatic nitrogens is 1. The van der Waals surface area contributed by atoms with Gasteiger partial charge in [0.2, 0.25) is 0 Å². The molecule has 0 spiro atoms. The zero-order chi connectivity index (χ0) is 19.2. The minimum Gasteiger partial charge on any atom is -0.496 e. The van der Waals surface area contributed by atoms with Crippen molar-refractivity contribution in [3.8, 4) is 45.4 Å². The van der Waals surface area contributed by atoms with Crippen molar-refractivity contribution in [1.82, 2.24) is 5.16 Å². The predicted molar refractivity (Wildman–Crippen MR) is 103 cm³/mol. The first-order valence-electron chi connectivity index (χ1n) is 8.69. The molecule has 1 aromatic heterocycles. The fraction of sp³-hybridized carbons (Fsp3) is 0.286. The summed E-state index contributed by atoms with van der Waals surface area (Å²) in [5, 5.41) is 4.19. The Hall–Kier alpha value is -3.15. The number of hydrogen-bond acceptors (Lipinski definition) is 6. The lowest BCUT2D eigenvalue weighted by atomic mass is 10.0. The van der Waals surface area contributed by atoms with Crippen LogP contribution in [0, 0.1) is 0 Å². The number of nitrogens with zero attached hydrogens (tertiary/aromatic N) is 1. The highest BCUT2D eigenvalue weighted by molar-refractivity contribution is 5.84. The molecule has 2 aromatic carbocycles. The molecule has 6 nitrogen and oxygen atoms in total. The molecule has 6 heteroatoms. The van der Waals surface area contributed by atoms with Gasteiger partial charge in [0, 0.05) is 11.6 Å². The molecule has 1 heterocycles. The molecule has 0 N–H and O–H groups in total. The highest BCUT2D eigenvalue weighted by Gasteiger charge is 2.20. The maximum absolute atomic E-state index is 5.65. The Balaban J connectivity index is 2.02. The van der Waals surface area contributed by atoms with Gasteiger partial charge in [-0.3, -0.25) is 0 Å². The van der Waals surface area contributed by atoms with Crippen LogP contribution in [0.2, 0.25) is 0 Å². The molecule has 0 radical (unpaired) electrons. The average Bonchev–Trinajstić information content (AvgIpc) is 3.21. The summed E-state index contributed by atoms with van der Waals surface area (Å²) in [5.74, 6) is 2.62. The van der Waals surface area contributed by atoms with Crippen LogP contribution in [0.25, 0.3) is 22.4 Å². The van der Waals surface area contributed by atoms with Crippen LogP contribution in [-0.4, -0.2) is 33.1 Å². The van der Waals surface area contributed by atoms with Crippen molar-refractivity contribution in [3.63, 3.8) is 0 Å². The van der Waals surface area contributed by atoms with E-state index in [0.29, 0.717) is 29.5 Å². The number of benzene rings is 2. The van der Waals surface area contributed by atoms with Gasteiger partial charge in [0.05, 0.1) is 33.5 Å². The van der Waals surface area contributed by atoms with E-state index in [9.17, 15) is 0 Å². The third-order valence-electron chi connectivity index (χ3n) is 4.17. The van der Waals surface area contributed by atoms with Gasteiger partial charge in [-0.2, -0.15) is 0 Å². The fourth-order valence-corrected chi connectivity index (χ4v) is 2.80. The lowest BCUT2D eigenvalue weighted by Gasteiger charge is -2.13. The number of methoxy groups -OCH3 is 3. The Morgan fingerprint density at radius 2 is 1.52 bits per heavy atom. The van der Waals surface area contributed by atoms with E-state index in [1.54, 1.807) is 33.7 Å². The van der Waals surface area contributed by atoms with E-state index in [-0.39, 0.29) is 0 Å². The molecule has 0 unspecified atom stereocenters. The second-order valence-corrected chi connectivity index (χ2v) is 5.86. The van der Waals surface area contributed by atoms with Crippen molar-refractivity contribution in [2.24, 2.45) is 0 Å². The summed E-state index contributed by atoms with van der Waals surface area (Å²) < 4.78 is 27.2. The maximum Gasteiger partial charge on any atom is 0.164 e. The molecular formula is C21H23NO5. The Labute approximate surface area is 158 Å². The lowest BCUT2D eigenvalue weighted by molar-refractivity contribution is 0.317. The van der Waals surface area contributed by atoms with Gasteiger partial charge in [0.15, 0.2) is 11.5 Å². The van der Waals surface area contributed by atoms with Crippen LogP contribution in [0.4, 0.5) is 0 Å². The minimum atomic E-state index is 0.584. The van der Waals surface area contributed by atoms with Gasteiger partial charge >= 0.3 is 0 Å². The molecule has 27 heavy (non-hydrogen) atoms. The zero-order valence-corrected chi connectivity index (χ0v) is 15.9. The van der Waals surface area contributed by atoms with Gasteiger partial charge in [-0.1, -0.05) is 24.2 Å². The van der Waals surface area contributed by atoms with Gasteiger partial charge in [0.25, 0.3) is 0 Å². The molecule has 0 aliphatic carbocycles. The number of ether oxygens (including phenoxy) is 4. The van der Waals surface area contributed by atoms with Gasteiger partial charge in [-0.25, -0.2) is 0 Å². The van der Waals surface area contributed by atoms with Crippen LogP contribution in [0.1, 0.15) is 13.3 Å². The molecule has 142 valence electrons. The minimum absolute atomic E-state index is 0.584. The van der Waals surface area contributed by atoms with E-state index in [4.69, 9.17) is 23.5 Å². The third-order valence-corrected chi connectivity index (χ3v) is 4.17. The quantitative estimate of drug-likeness (QED) is 0.567. The summed E-state index contributed by atoms with van der Waals surface area (Å²) in [6.45, 7) is 2.77. The zero-order valence-electron chi connectivity index (χ0n) is 15.9. The van der Waals surface area contributed by atoms with Gasteiger partial charge in [-0.15, -0.1) is 0 Å². The predicted octanol–water partition coefficient (Wildman–Crippen LogP) is 4.82. The number of rotatable bonds is 8. The molecule has 0 aliphatic heterocycles. The smallest absolute Gasteiger partial charge is 0.164 e. The summed E-state index contributed by atoms with van der Waals surface area (Å²) in [5.41, 5.74) is 3.23. The van der Waals surface area contributed by atoms with E-state index in [1.165, 1.54) is 0 Å². The normalized spacial score (nSPS) is 10.5. The van der Waals surface area contributed by atoms with Crippen molar-refractivity contribution >= 4 is 0 Å². The number of hydrogen-bond donors (Lipinski definition) is 0. The van der Waals surface area contributed by atoms with Crippen LogP contribution < -0.4 is 18.9 Å². The molecule has 0 atom stereocenters. The molecule has 0 amide bonds. The first kappa shape index (κ1) is 18.6. The molecule has 3 aromatic rings. The first-order chi connectivity index (χ1) is 13.2. The Bertz CT molecular complexity index is 886. The Morgan fingerprint density at radius 1 is 0.852 bits per heavy atom. The second-order valence-electron chi connectivity index (χ2n) is 5.86. The lowest BCUT2D eigenvalue weighted by Crippen LogP contribution is -1.96. The van der Waals surface area contributed by atoms with Gasteiger partial charge < -0.3 is 23.5 Å². The molecule has 0 fully saturated rings. The maximum atomic E-state index is 5.65. The van der Waals surface area contributed by atoms with Crippen molar-refractivity contribution in [3.05, 3.63) is 42.7 Å². The first-order valence-corrected chi connectivity index (χ1v) is 8.69. The van der Waals surface area contributed by atoms with E-state index >= 15 is 0 Å². The Kier molecular flexibility index (Phi) is 5.86. The highest BCUT2D eigenvalue weighted by Crippen LogP contribution is 2.42. The van der Waals surface area contributed by atoms with Crippen molar-refractivity contribution in [2.75, 3.05) is 27.9 Å². The van der Waals surface area contributed by atoms with E-state index in [2.05, 4.69) is 12.1 Å². The summed E-state index contributed by atoms with van der Waals surface area (Å²) in [6.07, 6.45) is 2.59. The summed E-state index contributed by atoms with van der Waals surface area (Å²) in [7, 11) is 4.78. The van der Waals surface area contributed by atoms with Crippen LogP contribution in [0.3, 0.4) is 0 Å². The van der Waals surface area contributed by atoms with Crippen LogP contribution >= 0.6 is 0 Å². The topological polar surface area (TPSA) is 63.0 Å². The van der Waals surface area contributed by atoms with Crippen LogP contribution in [0.5, 0.6) is 23.0 Å². The molecule has 0 aliphatic rings. The molecular weight excluding hydrogens is 346 g/mol. The molecule has 3 rings (SSSR count). The largest absolute Gasteiger partial charge is 0.496 e. The van der Waals surface area contributed by atoms with Crippen molar-refractivity contribution < 1.29 is 23.5 Å². The summed E-state index contributed by atoms with van der Waals surface area (Å²) in [6, 6.07) is 11.4. The fourth-order valence-electron chi connectivity index (χ4n) is 2.80. The summed E-state index contributed by atoms with van der Waals surface area (Å²) in [4.78, 5) is 0. The molecule has 0 saturated heterocycles. The third kappa shape index (κ3) is 3.84. The standard InChI is InChI=1S/C21H23NO5/c1-5-10-26-15-8-6-14(7-9-15)17-13-27-22-21(17)16-11-19(24-3)20(25-4)12-18(16)23-2/h6-9,11-13H,5,10H2,1-4H3. The van der Waals surface area contributed by atoms with Crippen LogP contribution in [-0.2, 0) is 0 Å². The molecule has 0 saturated carbocycles. The van der Waals surface area contributed by atoms with E-state index in [0.717, 1.165) is 28.9 Å². The van der Waals surface area contributed by atoms with Gasteiger partial charge in [-0.05, 0) is 30.2 Å². The van der Waals surface area contributed by atoms with Crippen LogP contribution in [0.15, 0.2) is 47.2 Å². The van der Waals surface area contributed by atoms with Gasteiger partial charge in [0.1, 0.15) is 23.5 Å². The second kappa shape index (κ2) is 8.49. The van der Waals surface area contributed by atoms with Crippen molar-refractivity contribution in [2.45, 2.75) is 13.3 Å². The monoisotopic (exact) mass is 369 g/mol. The Morgan fingerprint density at radius 3 is 2.15 bits per heavy atom. The van der Waals surface area contributed by atoms with Crippen molar-refractivity contribution in [1.29, 1.82) is 0 Å². The van der Waals surface area contributed by atoms with E-state index < -0.39 is 0 Å².